The molecule has 1 N–H and O–H groups in total. The summed E-state index contributed by atoms with van der Waals surface area (Å²) in [4.78, 5) is 30.6. The van der Waals surface area contributed by atoms with Crippen LogP contribution < -0.4 is 9.64 Å². The number of nitrogens with zero attached hydrogens (tertiary/aromatic N) is 2. The normalized spacial score (nSPS) is 19.2. The Kier molecular flexibility index (Phi) is 6.82. The standard InChI is InChI=1S/C25H27ClN2O4/c1-2-14-32-21-8-4-3-7-20(21)28-24(30)22(18-9-11-19(26)12-10-18)23(25(28)31)27-13-5-6-17(15-27)16-29/h3-4,7-12,17,29H,2,5-6,13-16H2,1H3. The maximum Gasteiger partial charge on any atom is 0.282 e. The molecule has 7 heteroatoms. The Labute approximate surface area is 193 Å². The third-order valence-corrected chi connectivity index (χ3v) is 6.11. The number of amides is 2. The molecule has 32 heavy (non-hydrogen) atoms. The average Bonchev–Trinajstić information content (AvgIpc) is 3.08. The molecule has 2 aliphatic heterocycles. The molecule has 0 aromatic heterocycles. The monoisotopic (exact) mass is 454 g/mol. The zero-order chi connectivity index (χ0) is 22.7. The lowest BCUT2D eigenvalue weighted by atomic mass is 9.97. The fourth-order valence-electron chi connectivity index (χ4n) is 4.30. The summed E-state index contributed by atoms with van der Waals surface area (Å²) in [6, 6.07) is 14.1. The number of hydrogen-bond acceptors (Lipinski definition) is 5. The predicted octanol–water partition coefficient (Wildman–Crippen LogP) is 4.12. The molecule has 2 aromatic carbocycles. The van der Waals surface area contributed by atoms with Crippen LogP contribution in [0.1, 0.15) is 31.7 Å². The number of carbonyl (C=O) groups is 2. The van der Waals surface area contributed by atoms with E-state index in [-0.39, 0.29) is 24.3 Å². The van der Waals surface area contributed by atoms with Gasteiger partial charge in [-0.25, -0.2) is 4.90 Å². The van der Waals surface area contributed by atoms with Crippen molar-refractivity contribution in [2.45, 2.75) is 26.2 Å². The van der Waals surface area contributed by atoms with Gasteiger partial charge in [0.2, 0.25) is 0 Å². The Morgan fingerprint density at radius 1 is 1.09 bits per heavy atom. The quantitative estimate of drug-likeness (QED) is 0.637. The number of ether oxygens (including phenoxy) is 1. The first kappa shape index (κ1) is 22.4. The van der Waals surface area contributed by atoms with Crippen LogP contribution in [0.2, 0.25) is 5.02 Å². The fourth-order valence-corrected chi connectivity index (χ4v) is 4.43. The summed E-state index contributed by atoms with van der Waals surface area (Å²) in [5.41, 5.74) is 1.81. The van der Waals surface area contributed by atoms with Gasteiger partial charge in [-0.2, -0.15) is 0 Å². The van der Waals surface area contributed by atoms with Crippen molar-refractivity contribution < 1.29 is 19.4 Å². The van der Waals surface area contributed by atoms with Gasteiger partial charge in [0, 0.05) is 24.7 Å². The molecule has 2 heterocycles. The molecule has 1 fully saturated rings. The van der Waals surface area contributed by atoms with E-state index in [1.165, 1.54) is 4.90 Å². The predicted molar refractivity (Wildman–Crippen MR) is 124 cm³/mol. The number of halogens is 1. The van der Waals surface area contributed by atoms with Gasteiger partial charge in [0.15, 0.2) is 0 Å². The number of benzene rings is 2. The molecule has 1 saturated heterocycles. The third kappa shape index (κ3) is 4.25. The first-order valence-corrected chi connectivity index (χ1v) is 11.4. The highest BCUT2D eigenvalue weighted by Crippen LogP contribution is 2.39. The van der Waals surface area contributed by atoms with E-state index in [1.54, 1.807) is 42.5 Å². The number of hydrogen-bond donors (Lipinski definition) is 1. The van der Waals surface area contributed by atoms with Gasteiger partial charge in [-0.3, -0.25) is 9.59 Å². The van der Waals surface area contributed by atoms with Gasteiger partial charge in [-0.15, -0.1) is 0 Å². The van der Waals surface area contributed by atoms with Crippen molar-refractivity contribution in [3.05, 3.63) is 64.8 Å². The number of likely N-dealkylation sites (tertiary alicyclic amines) is 1. The Bertz CT molecular complexity index is 1030. The molecule has 0 spiro atoms. The van der Waals surface area contributed by atoms with E-state index in [9.17, 15) is 14.7 Å². The van der Waals surface area contributed by atoms with Crippen molar-refractivity contribution in [2.24, 2.45) is 5.92 Å². The zero-order valence-electron chi connectivity index (χ0n) is 18.1. The zero-order valence-corrected chi connectivity index (χ0v) is 18.8. The van der Waals surface area contributed by atoms with Crippen LogP contribution in [0.25, 0.3) is 5.57 Å². The van der Waals surface area contributed by atoms with Crippen LogP contribution in [0, 0.1) is 5.92 Å². The number of para-hydroxylation sites is 2. The van der Waals surface area contributed by atoms with Gasteiger partial charge in [0.25, 0.3) is 11.8 Å². The van der Waals surface area contributed by atoms with Crippen LogP contribution >= 0.6 is 11.6 Å². The average molecular weight is 455 g/mol. The summed E-state index contributed by atoms with van der Waals surface area (Å²) in [5, 5.41) is 10.3. The summed E-state index contributed by atoms with van der Waals surface area (Å²) in [6.45, 7) is 3.73. The number of imide groups is 1. The summed E-state index contributed by atoms with van der Waals surface area (Å²) < 4.78 is 5.84. The molecule has 6 nitrogen and oxygen atoms in total. The van der Waals surface area contributed by atoms with E-state index in [0.717, 1.165) is 19.3 Å². The van der Waals surface area contributed by atoms with Crippen molar-refractivity contribution in [1.82, 2.24) is 4.90 Å². The fraction of sp³-hybridized carbons (Fsp3) is 0.360. The van der Waals surface area contributed by atoms with Gasteiger partial charge >= 0.3 is 0 Å². The number of piperidine rings is 1. The van der Waals surface area contributed by atoms with Crippen LogP contribution in [0.15, 0.2) is 54.2 Å². The second kappa shape index (κ2) is 9.76. The Morgan fingerprint density at radius 2 is 1.84 bits per heavy atom. The topological polar surface area (TPSA) is 70.1 Å². The van der Waals surface area contributed by atoms with Crippen molar-refractivity contribution in [3.8, 4) is 5.75 Å². The largest absolute Gasteiger partial charge is 0.491 e. The maximum atomic E-state index is 13.7. The lowest BCUT2D eigenvalue weighted by molar-refractivity contribution is -0.120. The molecule has 1 unspecified atom stereocenters. The van der Waals surface area contributed by atoms with Crippen LogP contribution in [0.3, 0.4) is 0 Å². The lowest BCUT2D eigenvalue weighted by Gasteiger charge is -2.34. The van der Waals surface area contributed by atoms with E-state index in [1.807, 2.05) is 17.9 Å². The highest BCUT2D eigenvalue weighted by Gasteiger charge is 2.44. The number of aliphatic hydroxyl groups is 1. The van der Waals surface area contributed by atoms with Gasteiger partial charge < -0.3 is 14.7 Å². The summed E-state index contributed by atoms with van der Waals surface area (Å²) in [6.07, 6.45) is 2.56. The smallest absolute Gasteiger partial charge is 0.282 e. The molecule has 4 rings (SSSR count). The van der Waals surface area contributed by atoms with E-state index >= 15 is 0 Å². The first-order chi connectivity index (χ1) is 15.5. The van der Waals surface area contributed by atoms with Crippen LogP contribution in [0.4, 0.5) is 5.69 Å². The second-order valence-corrected chi connectivity index (χ2v) is 8.57. The molecule has 0 radical (unpaired) electrons. The molecule has 0 bridgehead atoms. The first-order valence-electron chi connectivity index (χ1n) is 11.0. The molecule has 2 aliphatic rings. The molecule has 2 aromatic rings. The minimum absolute atomic E-state index is 0.0552. The van der Waals surface area contributed by atoms with Gasteiger partial charge in [-0.1, -0.05) is 42.8 Å². The molecule has 168 valence electrons. The number of rotatable bonds is 7. The molecule has 1 atom stereocenters. The van der Waals surface area contributed by atoms with E-state index in [0.29, 0.717) is 53.0 Å². The highest BCUT2D eigenvalue weighted by molar-refractivity contribution is 6.45. The minimum atomic E-state index is -0.383. The number of aliphatic hydroxyl groups excluding tert-OH is 1. The maximum absolute atomic E-state index is 13.7. The van der Waals surface area contributed by atoms with Crippen molar-refractivity contribution >= 4 is 34.7 Å². The van der Waals surface area contributed by atoms with Crippen molar-refractivity contribution in [1.29, 1.82) is 0 Å². The van der Waals surface area contributed by atoms with Gasteiger partial charge in [0.05, 0.1) is 17.9 Å². The van der Waals surface area contributed by atoms with E-state index in [2.05, 4.69) is 0 Å². The third-order valence-electron chi connectivity index (χ3n) is 5.85. The van der Waals surface area contributed by atoms with Crippen LogP contribution in [-0.2, 0) is 9.59 Å². The van der Waals surface area contributed by atoms with Crippen molar-refractivity contribution in [3.63, 3.8) is 0 Å². The SMILES string of the molecule is CCCOc1ccccc1N1C(=O)C(c2ccc(Cl)cc2)=C(N2CCCC(CO)C2)C1=O. The Morgan fingerprint density at radius 3 is 2.56 bits per heavy atom. The van der Waals surface area contributed by atoms with E-state index in [4.69, 9.17) is 16.3 Å². The van der Waals surface area contributed by atoms with Crippen LogP contribution in [-0.4, -0.2) is 48.1 Å². The molecule has 0 aliphatic carbocycles. The number of anilines is 1. The summed E-state index contributed by atoms with van der Waals surface area (Å²) in [5.74, 6) is -0.184. The minimum Gasteiger partial charge on any atom is -0.491 e. The molecular formula is C25H27ClN2O4. The summed E-state index contributed by atoms with van der Waals surface area (Å²) in [7, 11) is 0. The van der Waals surface area contributed by atoms with Crippen molar-refractivity contribution in [2.75, 3.05) is 31.2 Å². The summed E-state index contributed by atoms with van der Waals surface area (Å²) >= 11 is 6.07. The number of carbonyl (C=O) groups excluding carboxylic acids is 2. The lowest BCUT2D eigenvalue weighted by Crippen LogP contribution is -2.40. The molecule has 0 saturated carbocycles. The van der Waals surface area contributed by atoms with Gasteiger partial charge in [-0.05, 0) is 55.0 Å². The van der Waals surface area contributed by atoms with Gasteiger partial charge in [0.1, 0.15) is 11.4 Å². The Balaban J connectivity index is 1.80. The highest BCUT2D eigenvalue weighted by atomic mass is 35.5. The second-order valence-electron chi connectivity index (χ2n) is 8.13. The van der Waals surface area contributed by atoms with E-state index < -0.39 is 0 Å². The molecular weight excluding hydrogens is 428 g/mol. The Hall–Kier alpha value is -2.83. The molecule has 2 amide bonds. The van der Waals surface area contributed by atoms with Crippen LogP contribution in [0.5, 0.6) is 5.75 Å².